The zero-order valence-electron chi connectivity index (χ0n) is 11.6. The zero-order chi connectivity index (χ0) is 15.1. The molecule has 0 aliphatic carbocycles. The van der Waals surface area contributed by atoms with Crippen LogP contribution in [0.3, 0.4) is 0 Å². The molecule has 1 aromatic heterocycles. The van der Waals surface area contributed by atoms with Crippen molar-refractivity contribution in [2.45, 2.75) is 0 Å². The number of rotatable bonds is 2. The summed E-state index contributed by atoms with van der Waals surface area (Å²) in [6.45, 7) is 0. The monoisotopic (exact) mass is 288 g/mol. The van der Waals surface area contributed by atoms with Gasteiger partial charge in [0.1, 0.15) is 5.52 Å². The first-order valence-corrected chi connectivity index (χ1v) is 6.88. The fourth-order valence-corrected chi connectivity index (χ4v) is 2.71. The standard InChI is InChI=1S/C17H12N4O/c18-17(22)13-8-4-10-15-16(13)19-20-21(15)14-9-3-6-11-5-1-2-7-12(11)14/h1-10H,(H2,18,22). The van der Waals surface area contributed by atoms with Crippen LogP contribution in [0, 0.1) is 0 Å². The lowest BCUT2D eigenvalue weighted by molar-refractivity contribution is 0.100. The molecule has 0 aliphatic rings. The maximum Gasteiger partial charge on any atom is 0.251 e. The van der Waals surface area contributed by atoms with Gasteiger partial charge in [-0.1, -0.05) is 47.7 Å². The summed E-state index contributed by atoms with van der Waals surface area (Å²) in [6, 6.07) is 19.4. The SMILES string of the molecule is NC(=O)c1cccc2c1nnn2-c1cccc2ccccc12. The van der Waals surface area contributed by atoms with E-state index in [1.165, 1.54) is 0 Å². The highest BCUT2D eigenvalue weighted by Gasteiger charge is 2.14. The maximum absolute atomic E-state index is 11.5. The molecule has 1 heterocycles. The number of benzene rings is 3. The van der Waals surface area contributed by atoms with Crippen molar-refractivity contribution < 1.29 is 4.79 Å². The van der Waals surface area contributed by atoms with Gasteiger partial charge in [0.05, 0.1) is 16.8 Å². The summed E-state index contributed by atoms with van der Waals surface area (Å²) in [5.41, 5.74) is 7.97. The molecule has 4 aromatic rings. The molecule has 0 aliphatic heterocycles. The fourth-order valence-electron chi connectivity index (χ4n) is 2.71. The molecule has 0 radical (unpaired) electrons. The predicted octanol–water partition coefficient (Wildman–Crippen LogP) is 2.67. The van der Waals surface area contributed by atoms with Gasteiger partial charge < -0.3 is 5.73 Å². The van der Waals surface area contributed by atoms with E-state index in [0.29, 0.717) is 11.1 Å². The number of nitrogens with zero attached hydrogens (tertiary/aromatic N) is 3. The van der Waals surface area contributed by atoms with Crippen molar-refractivity contribution in [2.24, 2.45) is 5.73 Å². The minimum absolute atomic E-state index is 0.379. The van der Waals surface area contributed by atoms with E-state index in [-0.39, 0.29) is 0 Å². The molecule has 1 amide bonds. The maximum atomic E-state index is 11.5. The van der Waals surface area contributed by atoms with E-state index in [1.54, 1.807) is 16.8 Å². The van der Waals surface area contributed by atoms with E-state index in [0.717, 1.165) is 22.0 Å². The first kappa shape index (κ1) is 12.5. The van der Waals surface area contributed by atoms with Gasteiger partial charge in [0.25, 0.3) is 5.91 Å². The highest BCUT2D eigenvalue weighted by atomic mass is 16.1. The van der Waals surface area contributed by atoms with Crippen molar-refractivity contribution in [1.29, 1.82) is 0 Å². The second-order valence-electron chi connectivity index (χ2n) is 5.04. The Balaban J connectivity index is 2.06. The quantitative estimate of drug-likeness (QED) is 0.616. The third-order valence-electron chi connectivity index (χ3n) is 3.74. The van der Waals surface area contributed by atoms with Gasteiger partial charge in [-0.3, -0.25) is 4.79 Å². The fraction of sp³-hybridized carbons (Fsp3) is 0. The molecule has 3 aromatic carbocycles. The van der Waals surface area contributed by atoms with Crippen LogP contribution in [0.4, 0.5) is 0 Å². The van der Waals surface area contributed by atoms with Gasteiger partial charge in [-0.2, -0.15) is 0 Å². The molecule has 4 rings (SSSR count). The van der Waals surface area contributed by atoms with Gasteiger partial charge in [-0.25, -0.2) is 4.68 Å². The molecule has 5 nitrogen and oxygen atoms in total. The Labute approximate surface area is 126 Å². The van der Waals surface area contributed by atoms with Gasteiger partial charge in [0.15, 0.2) is 0 Å². The molecule has 5 heteroatoms. The Hall–Kier alpha value is -3.21. The Morgan fingerprint density at radius 3 is 2.59 bits per heavy atom. The van der Waals surface area contributed by atoms with Gasteiger partial charge in [0.2, 0.25) is 0 Å². The van der Waals surface area contributed by atoms with Crippen LogP contribution in [0.2, 0.25) is 0 Å². The van der Waals surface area contributed by atoms with E-state index >= 15 is 0 Å². The minimum Gasteiger partial charge on any atom is -0.366 e. The van der Waals surface area contributed by atoms with E-state index in [9.17, 15) is 4.79 Å². The highest BCUT2D eigenvalue weighted by Crippen LogP contribution is 2.25. The second-order valence-corrected chi connectivity index (χ2v) is 5.04. The second kappa shape index (κ2) is 4.66. The van der Waals surface area contributed by atoms with Crippen LogP contribution in [0.25, 0.3) is 27.5 Å². The smallest absolute Gasteiger partial charge is 0.251 e. The van der Waals surface area contributed by atoms with Gasteiger partial charge in [-0.05, 0) is 23.6 Å². The molecule has 106 valence electrons. The molecule has 0 fully saturated rings. The number of nitrogens with two attached hydrogens (primary N) is 1. The molecule has 0 spiro atoms. The molecule has 0 unspecified atom stereocenters. The summed E-state index contributed by atoms with van der Waals surface area (Å²) in [4.78, 5) is 11.5. The zero-order valence-corrected chi connectivity index (χ0v) is 11.6. The number of fused-ring (bicyclic) bond motifs is 2. The molecular formula is C17H12N4O. The topological polar surface area (TPSA) is 73.8 Å². The molecule has 0 atom stereocenters. The van der Waals surface area contributed by atoms with Crippen molar-refractivity contribution in [3.05, 3.63) is 66.2 Å². The summed E-state index contributed by atoms with van der Waals surface area (Å²) in [7, 11) is 0. The summed E-state index contributed by atoms with van der Waals surface area (Å²) in [5.74, 6) is -0.504. The van der Waals surface area contributed by atoms with Crippen molar-refractivity contribution in [2.75, 3.05) is 0 Å². The Bertz CT molecular complexity index is 1010. The first-order valence-electron chi connectivity index (χ1n) is 6.88. The van der Waals surface area contributed by atoms with Crippen LogP contribution < -0.4 is 5.73 Å². The van der Waals surface area contributed by atoms with E-state index in [2.05, 4.69) is 10.3 Å². The largest absolute Gasteiger partial charge is 0.366 e. The molecule has 0 saturated carbocycles. The number of hydrogen-bond acceptors (Lipinski definition) is 3. The van der Waals surface area contributed by atoms with Crippen LogP contribution >= 0.6 is 0 Å². The van der Waals surface area contributed by atoms with Crippen molar-refractivity contribution >= 4 is 27.7 Å². The van der Waals surface area contributed by atoms with Gasteiger partial charge in [-0.15, -0.1) is 5.10 Å². The van der Waals surface area contributed by atoms with Crippen LogP contribution in [0.5, 0.6) is 0 Å². The Morgan fingerprint density at radius 2 is 1.73 bits per heavy atom. The molecular weight excluding hydrogens is 276 g/mol. The Kier molecular flexibility index (Phi) is 2.66. The molecule has 0 saturated heterocycles. The van der Waals surface area contributed by atoms with E-state index in [4.69, 9.17) is 5.73 Å². The van der Waals surface area contributed by atoms with Crippen LogP contribution in [-0.4, -0.2) is 20.9 Å². The summed E-state index contributed by atoms with van der Waals surface area (Å²) in [6.07, 6.45) is 0. The number of amides is 1. The normalized spacial score (nSPS) is 11.1. The summed E-state index contributed by atoms with van der Waals surface area (Å²) >= 11 is 0. The highest BCUT2D eigenvalue weighted by molar-refractivity contribution is 6.04. The third kappa shape index (κ3) is 1.76. The average molecular weight is 288 g/mol. The number of hydrogen-bond donors (Lipinski definition) is 1. The lowest BCUT2D eigenvalue weighted by Gasteiger charge is -2.07. The van der Waals surface area contributed by atoms with Gasteiger partial charge in [0, 0.05) is 5.39 Å². The molecule has 2 N–H and O–H groups in total. The van der Waals surface area contributed by atoms with Crippen LogP contribution in [0.1, 0.15) is 10.4 Å². The molecule has 22 heavy (non-hydrogen) atoms. The van der Waals surface area contributed by atoms with Gasteiger partial charge >= 0.3 is 0 Å². The Morgan fingerprint density at radius 1 is 0.955 bits per heavy atom. The van der Waals surface area contributed by atoms with Crippen LogP contribution in [-0.2, 0) is 0 Å². The number of primary amides is 1. The average Bonchev–Trinajstić information content (AvgIpc) is 2.98. The van der Waals surface area contributed by atoms with Crippen LogP contribution in [0.15, 0.2) is 60.7 Å². The van der Waals surface area contributed by atoms with Crippen molar-refractivity contribution in [1.82, 2.24) is 15.0 Å². The number of carbonyl (C=O) groups is 1. The molecule has 0 bridgehead atoms. The van der Waals surface area contributed by atoms with Crippen molar-refractivity contribution in [3.8, 4) is 5.69 Å². The lowest BCUT2D eigenvalue weighted by atomic mass is 10.1. The number of aromatic nitrogens is 3. The van der Waals surface area contributed by atoms with E-state index < -0.39 is 5.91 Å². The minimum atomic E-state index is -0.504. The summed E-state index contributed by atoms with van der Waals surface area (Å²) < 4.78 is 1.74. The third-order valence-corrected chi connectivity index (χ3v) is 3.74. The van der Waals surface area contributed by atoms with Crippen molar-refractivity contribution in [3.63, 3.8) is 0 Å². The van der Waals surface area contributed by atoms with E-state index in [1.807, 2.05) is 48.5 Å². The lowest BCUT2D eigenvalue weighted by Crippen LogP contribution is -2.11. The first-order chi connectivity index (χ1) is 10.8. The number of carbonyl (C=O) groups excluding carboxylic acids is 1. The summed E-state index contributed by atoms with van der Waals surface area (Å²) in [5, 5.41) is 10.5. The predicted molar refractivity (Wildman–Crippen MR) is 84.9 cm³/mol.